The first kappa shape index (κ1) is 18.0. The van der Waals surface area contributed by atoms with Gasteiger partial charge in [0.2, 0.25) is 10.0 Å². The van der Waals surface area contributed by atoms with Crippen LogP contribution in [-0.4, -0.2) is 47.1 Å². The van der Waals surface area contributed by atoms with Crippen LogP contribution in [0.2, 0.25) is 0 Å². The van der Waals surface area contributed by atoms with Gasteiger partial charge in [0.25, 0.3) is 0 Å². The van der Waals surface area contributed by atoms with Crippen molar-refractivity contribution < 1.29 is 13.5 Å². The molecule has 0 radical (unpaired) electrons. The number of hydrogen-bond donors (Lipinski definition) is 1. The Kier molecular flexibility index (Phi) is 5.46. The summed E-state index contributed by atoms with van der Waals surface area (Å²) in [4.78, 5) is 8.45. The Morgan fingerprint density at radius 1 is 1.24 bits per heavy atom. The Bertz CT molecular complexity index is 803. The molecule has 25 heavy (non-hydrogen) atoms. The highest BCUT2D eigenvalue weighted by Crippen LogP contribution is 2.32. The Morgan fingerprint density at radius 2 is 1.92 bits per heavy atom. The van der Waals surface area contributed by atoms with Gasteiger partial charge in [0.05, 0.1) is 18.1 Å². The first-order chi connectivity index (χ1) is 11.9. The molecular formula is C18H23N3O3S. The zero-order valence-electron chi connectivity index (χ0n) is 14.2. The molecule has 2 heterocycles. The monoisotopic (exact) mass is 361 g/mol. The van der Waals surface area contributed by atoms with E-state index in [9.17, 15) is 13.5 Å². The molecule has 1 atom stereocenters. The van der Waals surface area contributed by atoms with Crippen LogP contribution < -0.4 is 0 Å². The smallest absolute Gasteiger partial charge is 0.211 e. The second-order valence-electron chi connectivity index (χ2n) is 6.53. The van der Waals surface area contributed by atoms with Gasteiger partial charge >= 0.3 is 0 Å². The first-order valence-electron chi connectivity index (χ1n) is 8.41. The van der Waals surface area contributed by atoms with E-state index in [0.717, 1.165) is 16.8 Å². The molecule has 0 saturated carbocycles. The summed E-state index contributed by atoms with van der Waals surface area (Å²) in [6, 6.07) is 9.99. The fourth-order valence-corrected chi connectivity index (χ4v) is 4.20. The van der Waals surface area contributed by atoms with Gasteiger partial charge < -0.3 is 5.11 Å². The van der Waals surface area contributed by atoms with Crippen molar-refractivity contribution in [3.05, 3.63) is 59.7 Å². The maximum Gasteiger partial charge on any atom is 0.211 e. The van der Waals surface area contributed by atoms with Gasteiger partial charge in [-0.05, 0) is 24.3 Å². The van der Waals surface area contributed by atoms with E-state index >= 15 is 0 Å². The number of hydrogen-bond acceptors (Lipinski definition) is 5. The summed E-state index contributed by atoms with van der Waals surface area (Å²) in [7, 11) is -3.16. The number of benzene rings is 1. The third-order valence-corrected chi connectivity index (χ3v) is 6.08. The van der Waals surface area contributed by atoms with Crippen molar-refractivity contribution in [2.24, 2.45) is 5.92 Å². The van der Waals surface area contributed by atoms with Crippen molar-refractivity contribution in [3.8, 4) is 0 Å². The number of nitrogens with zero attached hydrogens (tertiary/aromatic N) is 3. The third kappa shape index (κ3) is 4.42. The molecule has 1 saturated heterocycles. The number of rotatable bonds is 5. The van der Waals surface area contributed by atoms with E-state index in [1.165, 1.54) is 16.9 Å². The summed E-state index contributed by atoms with van der Waals surface area (Å²) in [5, 5.41) is 10.8. The summed E-state index contributed by atoms with van der Waals surface area (Å²) in [5.74, 6) is 0.0125. The van der Waals surface area contributed by atoms with Gasteiger partial charge in [-0.3, -0.25) is 0 Å². The lowest BCUT2D eigenvalue weighted by molar-refractivity contribution is 0.0749. The van der Waals surface area contributed by atoms with Crippen LogP contribution in [0, 0.1) is 5.92 Å². The van der Waals surface area contributed by atoms with Crippen LogP contribution in [-0.2, 0) is 16.4 Å². The van der Waals surface area contributed by atoms with Gasteiger partial charge in [-0.25, -0.2) is 22.7 Å². The molecule has 3 rings (SSSR count). The number of aliphatic hydroxyl groups excluding tert-OH is 1. The summed E-state index contributed by atoms with van der Waals surface area (Å²) in [6.07, 6.45) is 5.63. The van der Waals surface area contributed by atoms with Crippen molar-refractivity contribution in [1.29, 1.82) is 0 Å². The van der Waals surface area contributed by atoms with Crippen molar-refractivity contribution >= 4 is 10.0 Å². The highest BCUT2D eigenvalue weighted by molar-refractivity contribution is 7.88. The van der Waals surface area contributed by atoms with Gasteiger partial charge in [-0.2, -0.15) is 0 Å². The average molecular weight is 361 g/mol. The standard InChI is InChI=1S/C18H23N3O3S/c1-25(23,24)21-9-7-15(8-10-21)18(22)16-12-19-13-20-17(16)11-14-5-3-2-4-6-14/h2-6,12-13,15,18,22H,7-11H2,1H3. The van der Waals surface area contributed by atoms with E-state index in [1.807, 2.05) is 30.3 Å². The number of sulfonamides is 1. The minimum atomic E-state index is -3.16. The zero-order valence-corrected chi connectivity index (χ0v) is 15.1. The summed E-state index contributed by atoms with van der Waals surface area (Å²) in [5.41, 5.74) is 2.69. The number of aromatic nitrogens is 2. The Labute approximate surface area is 148 Å². The van der Waals surface area contributed by atoms with Gasteiger partial charge in [0, 0.05) is 31.3 Å². The molecule has 0 bridgehead atoms. The van der Waals surface area contributed by atoms with Crippen LogP contribution in [0.15, 0.2) is 42.9 Å². The molecule has 6 nitrogen and oxygen atoms in total. The maximum absolute atomic E-state index is 11.6. The van der Waals surface area contributed by atoms with Crippen LogP contribution in [0.4, 0.5) is 0 Å². The minimum Gasteiger partial charge on any atom is -0.388 e. The van der Waals surface area contributed by atoms with E-state index in [-0.39, 0.29) is 5.92 Å². The van der Waals surface area contributed by atoms with E-state index < -0.39 is 16.1 Å². The summed E-state index contributed by atoms with van der Waals surface area (Å²) < 4.78 is 24.7. The number of aliphatic hydroxyl groups is 1. The van der Waals surface area contributed by atoms with Crippen molar-refractivity contribution in [3.63, 3.8) is 0 Å². The van der Waals surface area contributed by atoms with E-state index in [0.29, 0.717) is 32.4 Å². The van der Waals surface area contributed by atoms with Crippen LogP contribution in [0.25, 0.3) is 0 Å². The maximum atomic E-state index is 11.6. The molecule has 1 N–H and O–H groups in total. The molecule has 1 aliphatic rings. The quantitative estimate of drug-likeness (QED) is 0.877. The largest absolute Gasteiger partial charge is 0.388 e. The van der Waals surface area contributed by atoms with Crippen LogP contribution in [0.3, 0.4) is 0 Å². The molecular weight excluding hydrogens is 338 g/mol. The van der Waals surface area contributed by atoms with E-state index in [1.54, 1.807) is 6.20 Å². The topological polar surface area (TPSA) is 83.4 Å². The van der Waals surface area contributed by atoms with Crippen molar-refractivity contribution in [2.75, 3.05) is 19.3 Å². The summed E-state index contributed by atoms with van der Waals surface area (Å²) in [6.45, 7) is 0.893. The fraction of sp³-hybridized carbons (Fsp3) is 0.444. The van der Waals surface area contributed by atoms with Crippen molar-refractivity contribution in [1.82, 2.24) is 14.3 Å². The van der Waals surface area contributed by atoms with Crippen LogP contribution >= 0.6 is 0 Å². The fourth-order valence-electron chi connectivity index (χ4n) is 3.33. The SMILES string of the molecule is CS(=O)(=O)N1CCC(C(O)c2cncnc2Cc2ccccc2)CC1. The molecule has 0 amide bonds. The predicted molar refractivity (Wildman–Crippen MR) is 95.4 cm³/mol. The lowest BCUT2D eigenvalue weighted by Gasteiger charge is -2.33. The molecule has 0 spiro atoms. The highest BCUT2D eigenvalue weighted by atomic mass is 32.2. The lowest BCUT2D eigenvalue weighted by Crippen LogP contribution is -2.39. The van der Waals surface area contributed by atoms with Crippen LogP contribution in [0.5, 0.6) is 0 Å². The minimum absolute atomic E-state index is 0.0125. The summed E-state index contributed by atoms with van der Waals surface area (Å²) >= 11 is 0. The second-order valence-corrected chi connectivity index (χ2v) is 8.51. The van der Waals surface area contributed by atoms with Crippen molar-refractivity contribution in [2.45, 2.75) is 25.4 Å². The molecule has 1 unspecified atom stereocenters. The third-order valence-electron chi connectivity index (χ3n) is 4.77. The predicted octanol–water partition coefficient (Wildman–Crippen LogP) is 1.77. The Morgan fingerprint density at radius 3 is 2.56 bits per heavy atom. The highest BCUT2D eigenvalue weighted by Gasteiger charge is 2.31. The molecule has 134 valence electrons. The molecule has 1 fully saturated rings. The molecule has 1 aliphatic heterocycles. The first-order valence-corrected chi connectivity index (χ1v) is 10.3. The van der Waals surface area contributed by atoms with Gasteiger partial charge in [-0.15, -0.1) is 0 Å². The van der Waals surface area contributed by atoms with E-state index in [2.05, 4.69) is 9.97 Å². The lowest BCUT2D eigenvalue weighted by atomic mass is 9.87. The molecule has 0 aliphatic carbocycles. The Balaban J connectivity index is 1.74. The van der Waals surface area contributed by atoms with Gasteiger partial charge in [-0.1, -0.05) is 30.3 Å². The average Bonchev–Trinajstić information content (AvgIpc) is 2.62. The molecule has 7 heteroatoms. The van der Waals surface area contributed by atoms with Gasteiger partial charge in [0.15, 0.2) is 0 Å². The second kappa shape index (κ2) is 7.59. The molecule has 2 aromatic rings. The Hall–Kier alpha value is -1.83. The zero-order chi connectivity index (χ0) is 17.9. The van der Waals surface area contributed by atoms with Gasteiger partial charge in [0.1, 0.15) is 6.33 Å². The normalized spacial score (nSPS) is 18.2. The van der Waals surface area contributed by atoms with Crippen LogP contribution in [0.1, 0.15) is 35.8 Å². The van der Waals surface area contributed by atoms with E-state index in [4.69, 9.17) is 0 Å². The molecule has 1 aromatic heterocycles. The number of piperidine rings is 1. The molecule has 1 aromatic carbocycles.